The van der Waals surface area contributed by atoms with Gasteiger partial charge in [-0.05, 0) is 12.5 Å². The molecule has 1 aromatic carbocycles. The Hall–Kier alpha value is -1.64. The highest BCUT2D eigenvalue weighted by Gasteiger charge is 2.44. The van der Waals surface area contributed by atoms with Crippen LogP contribution in [-0.4, -0.2) is 41.7 Å². The van der Waals surface area contributed by atoms with E-state index in [0.29, 0.717) is 0 Å². The van der Waals surface area contributed by atoms with Gasteiger partial charge in [0.25, 0.3) is 0 Å². The van der Waals surface area contributed by atoms with Crippen molar-refractivity contribution in [2.75, 3.05) is 0 Å². The summed E-state index contributed by atoms with van der Waals surface area (Å²) in [5, 5.41) is 11.4. The number of rotatable bonds is 4. The zero-order valence-corrected chi connectivity index (χ0v) is 12.4. The molecule has 1 heterocycles. The minimum Gasteiger partial charge on any atom is -0.369 e. The van der Waals surface area contributed by atoms with Gasteiger partial charge in [-0.2, -0.15) is 13.2 Å². The summed E-state index contributed by atoms with van der Waals surface area (Å²) in [5.74, 6) is -2.06. The summed E-state index contributed by atoms with van der Waals surface area (Å²) in [6.07, 6.45) is -7.88. The molecular weight excluding hydrogens is 315 g/mol. The third kappa shape index (κ3) is 4.92. The van der Waals surface area contributed by atoms with Gasteiger partial charge in [0.05, 0.1) is 18.8 Å². The average molecular weight is 333 g/mol. The van der Waals surface area contributed by atoms with Crippen molar-refractivity contribution in [3.63, 3.8) is 0 Å². The van der Waals surface area contributed by atoms with Crippen LogP contribution in [0.4, 0.5) is 13.2 Å². The van der Waals surface area contributed by atoms with Crippen molar-refractivity contribution in [1.29, 1.82) is 0 Å². The lowest BCUT2D eigenvalue weighted by Gasteiger charge is -2.39. The van der Waals surface area contributed by atoms with E-state index in [9.17, 15) is 23.1 Å². The fourth-order valence-corrected chi connectivity index (χ4v) is 2.47. The largest absolute Gasteiger partial charge is 0.471 e. The topological polar surface area (TPSA) is 67.8 Å². The predicted molar refractivity (Wildman–Crippen MR) is 74.2 cm³/mol. The van der Waals surface area contributed by atoms with Gasteiger partial charge in [-0.1, -0.05) is 30.3 Å². The van der Waals surface area contributed by atoms with Crippen LogP contribution in [-0.2, 0) is 20.9 Å². The van der Waals surface area contributed by atoms with Crippen molar-refractivity contribution in [1.82, 2.24) is 5.32 Å². The van der Waals surface area contributed by atoms with Crippen LogP contribution in [0.2, 0.25) is 0 Å². The molecule has 5 nitrogen and oxygen atoms in total. The van der Waals surface area contributed by atoms with E-state index in [2.05, 4.69) is 0 Å². The Morgan fingerprint density at radius 2 is 2.04 bits per heavy atom. The lowest BCUT2D eigenvalue weighted by atomic mass is 9.99. The Bertz CT molecular complexity index is 523. The van der Waals surface area contributed by atoms with Crippen molar-refractivity contribution >= 4 is 5.91 Å². The fourth-order valence-electron chi connectivity index (χ4n) is 2.47. The molecule has 128 valence electrons. The molecule has 23 heavy (non-hydrogen) atoms. The molecular formula is C15H18F3NO4. The number of nitrogens with one attached hydrogen (secondary N) is 1. The number of hydrogen-bond acceptors (Lipinski definition) is 4. The highest BCUT2D eigenvalue weighted by molar-refractivity contribution is 5.82. The van der Waals surface area contributed by atoms with Crippen LogP contribution >= 0.6 is 0 Å². The van der Waals surface area contributed by atoms with Crippen LogP contribution < -0.4 is 5.32 Å². The number of aliphatic hydroxyl groups excluding tert-OH is 1. The SMILES string of the molecule is C[C@H]1O[C@H](O)C[C@H](NC(=O)C(F)(F)F)[C@H]1OCc1ccccc1. The second kappa shape index (κ2) is 7.29. The van der Waals surface area contributed by atoms with Gasteiger partial charge in [0.2, 0.25) is 0 Å². The maximum Gasteiger partial charge on any atom is 0.471 e. The lowest BCUT2D eigenvalue weighted by Crippen LogP contribution is -2.57. The Kier molecular flexibility index (Phi) is 5.61. The van der Waals surface area contributed by atoms with E-state index in [1.54, 1.807) is 6.92 Å². The van der Waals surface area contributed by atoms with Gasteiger partial charge >= 0.3 is 12.1 Å². The van der Waals surface area contributed by atoms with Gasteiger partial charge in [0.1, 0.15) is 6.10 Å². The molecule has 0 unspecified atom stereocenters. The maximum atomic E-state index is 12.4. The van der Waals surface area contributed by atoms with E-state index < -0.39 is 36.6 Å². The smallest absolute Gasteiger partial charge is 0.369 e. The highest BCUT2D eigenvalue weighted by atomic mass is 19.4. The Balaban J connectivity index is 2.04. The molecule has 1 aliphatic rings. The molecule has 2 rings (SSSR count). The summed E-state index contributed by atoms with van der Waals surface area (Å²) in [5.41, 5.74) is 0.840. The van der Waals surface area contributed by atoms with E-state index in [4.69, 9.17) is 9.47 Å². The van der Waals surface area contributed by atoms with E-state index in [1.807, 2.05) is 35.6 Å². The van der Waals surface area contributed by atoms with Gasteiger partial charge in [0.15, 0.2) is 6.29 Å². The lowest BCUT2D eigenvalue weighted by molar-refractivity contribution is -0.219. The van der Waals surface area contributed by atoms with E-state index in [-0.39, 0.29) is 13.0 Å². The second-order valence-corrected chi connectivity index (χ2v) is 5.37. The molecule has 1 amide bonds. The van der Waals surface area contributed by atoms with E-state index >= 15 is 0 Å². The zero-order valence-electron chi connectivity index (χ0n) is 12.4. The number of carbonyl (C=O) groups excluding carboxylic acids is 1. The molecule has 0 aromatic heterocycles. The third-order valence-electron chi connectivity index (χ3n) is 3.55. The summed E-state index contributed by atoms with van der Waals surface area (Å²) in [6.45, 7) is 1.73. The van der Waals surface area contributed by atoms with Crippen molar-refractivity contribution in [2.45, 2.75) is 50.7 Å². The normalized spacial score (nSPS) is 28.4. The highest BCUT2D eigenvalue weighted by Crippen LogP contribution is 2.24. The van der Waals surface area contributed by atoms with Crippen LogP contribution in [0.1, 0.15) is 18.9 Å². The van der Waals surface area contributed by atoms with Crippen molar-refractivity contribution in [3.8, 4) is 0 Å². The molecule has 0 aliphatic carbocycles. The molecule has 4 atom stereocenters. The third-order valence-corrected chi connectivity index (χ3v) is 3.55. The van der Waals surface area contributed by atoms with Crippen LogP contribution in [0.3, 0.4) is 0 Å². The predicted octanol–water partition coefficient (Wildman–Crippen LogP) is 1.75. The van der Waals surface area contributed by atoms with Crippen LogP contribution in [0.15, 0.2) is 30.3 Å². The Labute approximate surface area is 131 Å². The number of aliphatic hydroxyl groups is 1. The molecule has 0 spiro atoms. The summed E-state index contributed by atoms with van der Waals surface area (Å²) in [7, 11) is 0. The van der Waals surface area contributed by atoms with Crippen LogP contribution in [0.5, 0.6) is 0 Å². The molecule has 1 saturated heterocycles. The Morgan fingerprint density at radius 1 is 1.39 bits per heavy atom. The first-order valence-corrected chi connectivity index (χ1v) is 7.14. The first kappa shape index (κ1) is 17.7. The first-order chi connectivity index (χ1) is 10.8. The average Bonchev–Trinajstić information content (AvgIpc) is 2.46. The van der Waals surface area contributed by atoms with Gasteiger partial charge < -0.3 is 19.9 Å². The number of carbonyl (C=O) groups is 1. The Morgan fingerprint density at radius 3 is 2.65 bits per heavy atom. The molecule has 0 radical (unpaired) electrons. The summed E-state index contributed by atoms with van der Waals surface area (Å²) < 4.78 is 48.1. The second-order valence-electron chi connectivity index (χ2n) is 5.37. The summed E-state index contributed by atoms with van der Waals surface area (Å²) in [4.78, 5) is 11.2. The number of ether oxygens (including phenoxy) is 2. The van der Waals surface area contributed by atoms with Gasteiger partial charge in [-0.15, -0.1) is 0 Å². The number of halogens is 3. The van der Waals surface area contributed by atoms with Gasteiger partial charge in [0, 0.05) is 6.42 Å². The molecule has 0 saturated carbocycles. The molecule has 1 aromatic rings. The molecule has 8 heteroatoms. The van der Waals surface area contributed by atoms with Gasteiger partial charge in [-0.25, -0.2) is 0 Å². The number of benzene rings is 1. The molecule has 1 fully saturated rings. The van der Waals surface area contributed by atoms with E-state index in [1.165, 1.54) is 0 Å². The minimum absolute atomic E-state index is 0.160. The van der Waals surface area contributed by atoms with E-state index in [0.717, 1.165) is 5.56 Å². The molecule has 2 N–H and O–H groups in total. The maximum absolute atomic E-state index is 12.4. The van der Waals surface area contributed by atoms with Crippen LogP contribution in [0.25, 0.3) is 0 Å². The van der Waals surface area contributed by atoms with Gasteiger partial charge in [-0.3, -0.25) is 4.79 Å². The van der Waals surface area contributed by atoms with Crippen LogP contribution in [0, 0.1) is 0 Å². The fraction of sp³-hybridized carbons (Fsp3) is 0.533. The number of amides is 1. The zero-order chi connectivity index (χ0) is 17.0. The quantitative estimate of drug-likeness (QED) is 0.881. The summed E-state index contributed by atoms with van der Waals surface area (Å²) >= 11 is 0. The molecule has 0 bridgehead atoms. The number of hydrogen-bond donors (Lipinski definition) is 2. The minimum atomic E-state index is -4.99. The summed E-state index contributed by atoms with van der Waals surface area (Å²) in [6, 6.07) is 8.09. The number of alkyl halides is 3. The monoisotopic (exact) mass is 333 g/mol. The first-order valence-electron chi connectivity index (χ1n) is 7.14. The standard InChI is InChI=1S/C15H18F3NO4/c1-9-13(22-8-10-5-3-2-4-6-10)11(7-12(20)23-9)19-14(21)15(16,17)18/h2-6,9,11-13,20H,7-8H2,1H3,(H,19,21)/t9-,11+,12+,13+/m1/s1. The van der Waals surface area contributed by atoms with Crippen molar-refractivity contribution < 1.29 is 32.5 Å². The van der Waals surface area contributed by atoms with Crippen molar-refractivity contribution in [3.05, 3.63) is 35.9 Å². The van der Waals surface area contributed by atoms with Crippen molar-refractivity contribution in [2.24, 2.45) is 0 Å². The molecule has 1 aliphatic heterocycles.